The zero-order valence-corrected chi connectivity index (χ0v) is 12.2. The van der Waals surface area contributed by atoms with E-state index in [-0.39, 0.29) is 6.61 Å². The van der Waals surface area contributed by atoms with Crippen LogP contribution in [0, 0.1) is 17.8 Å². The highest BCUT2D eigenvalue weighted by molar-refractivity contribution is 5.45. The van der Waals surface area contributed by atoms with Gasteiger partial charge in [0.1, 0.15) is 12.4 Å². The van der Waals surface area contributed by atoms with Crippen LogP contribution in [0.2, 0.25) is 0 Å². The second kappa shape index (κ2) is 7.83. The van der Waals surface area contributed by atoms with Crippen LogP contribution in [0.5, 0.6) is 5.75 Å². The van der Waals surface area contributed by atoms with Gasteiger partial charge in [0.15, 0.2) is 0 Å². The van der Waals surface area contributed by atoms with Crippen LogP contribution < -0.4 is 4.74 Å². The molecule has 0 aliphatic rings. The number of ether oxygens (including phenoxy) is 1. The summed E-state index contributed by atoms with van der Waals surface area (Å²) in [6, 6.07) is 5.85. The molecule has 0 atom stereocenters. The number of hydrogen-bond donors (Lipinski definition) is 1. The minimum atomic E-state index is -0.118. The first-order chi connectivity index (χ1) is 9.06. The molecule has 0 unspecified atom stereocenters. The second-order valence-electron chi connectivity index (χ2n) is 5.07. The maximum absolute atomic E-state index is 8.81. The van der Waals surface area contributed by atoms with E-state index >= 15 is 0 Å². The monoisotopic (exact) mass is 261 g/mol. The summed E-state index contributed by atoms with van der Waals surface area (Å²) in [6.07, 6.45) is 0. The van der Waals surface area contributed by atoms with E-state index in [1.807, 2.05) is 18.2 Å². The Balaban J connectivity index is 2.94. The molecule has 1 rings (SSSR count). The zero-order valence-electron chi connectivity index (χ0n) is 12.2. The number of nitrogens with zero attached hydrogens (tertiary/aromatic N) is 1. The van der Waals surface area contributed by atoms with Crippen molar-refractivity contribution >= 4 is 0 Å². The quantitative estimate of drug-likeness (QED) is 0.824. The van der Waals surface area contributed by atoms with Gasteiger partial charge >= 0.3 is 0 Å². The predicted octanol–water partition coefficient (Wildman–Crippen LogP) is 2.13. The summed E-state index contributed by atoms with van der Waals surface area (Å²) in [5, 5.41) is 8.81. The summed E-state index contributed by atoms with van der Waals surface area (Å²) in [6.45, 7) is 6.14. The van der Waals surface area contributed by atoms with Gasteiger partial charge in [-0.3, -0.25) is 0 Å². The fraction of sp³-hybridized carbons (Fsp3) is 0.500. The summed E-state index contributed by atoms with van der Waals surface area (Å²) in [5.74, 6) is 7.16. The first-order valence-corrected chi connectivity index (χ1v) is 6.52. The number of rotatable bonds is 5. The lowest BCUT2D eigenvalue weighted by Gasteiger charge is -2.20. The van der Waals surface area contributed by atoms with E-state index in [1.165, 1.54) is 0 Å². The van der Waals surface area contributed by atoms with Crippen LogP contribution >= 0.6 is 0 Å². The molecule has 0 fully saturated rings. The van der Waals surface area contributed by atoms with E-state index in [4.69, 9.17) is 9.84 Å². The Morgan fingerprint density at radius 2 is 2.11 bits per heavy atom. The van der Waals surface area contributed by atoms with Gasteiger partial charge in [0.25, 0.3) is 0 Å². The van der Waals surface area contributed by atoms with Gasteiger partial charge in [-0.1, -0.05) is 25.7 Å². The first-order valence-electron chi connectivity index (χ1n) is 6.52. The average Bonchev–Trinajstić information content (AvgIpc) is 2.36. The van der Waals surface area contributed by atoms with Gasteiger partial charge in [-0.15, -0.1) is 0 Å². The van der Waals surface area contributed by atoms with Crippen LogP contribution in [0.25, 0.3) is 0 Å². The molecule has 3 heteroatoms. The smallest absolute Gasteiger partial charge is 0.119 e. The van der Waals surface area contributed by atoms with Gasteiger partial charge in [0.05, 0.1) is 7.11 Å². The highest BCUT2D eigenvalue weighted by Gasteiger charge is 2.07. The van der Waals surface area contributed by atoms with Gasteiger partial charge in [0.2, 0.25) is 0 Å². The minimum Gasteiger partial charge on any atom is -0.497 e. The first kappa shape index (κ1) is 15.6. The molecule has 1 aromatic rings. The molecule has 0 saturated carbocycles. The molecule has 0 aliphatic carbocycles. The zero-order chi connectivity index (χ0) is 14.3. The summed E-state index contributed by atoms with van der Waals surface area (Å²) in [5.41, 5.74) is 2.08. The molecule has 0 saturated heterocycles. The molecule has 1 N–H and O–H groups in total. The molecule has 0 bridgehead atoms. The normalized spacial score (nSPS) is 10.5. The summed E-state index contributed by atoms with van der Waals surface area (Å²) < 4.78 is 5.26. The Kier molecular flexibility index (Phi) is 6.41. The van der Waals surface area contributed by atoms with Crippen molar-refractivity contribution < 1.29 is 9.84 Å². The van der Waals surface area contributed by atoms with Crippen molar-refractivity contribution in [2.45, 2.75) is 20.4 Å². The minimum absolute atomic E-state index is 0.118. The van der Waals surface area contributed by atoms with E-state index in [0.29, 0.717) is 5.92 Å². The third kappa shape index (κ3) is 5.34. The van der Waals surface area contributed by atoms with Gasteiger partial charge in [-0.25, -0.2) is 0 Å². The van der Waals surface area contributed by atoms with Crippen molar-refractivity contribution in [2.75, 3.05) is 27.3 Å². The fourth-order valence-electron chi connectivity index (χ4n) is 2.06. The number of aliphatic hydroxyl groups is 1. The SMILES string of the molecule is COc1ccc(C#CCO)c(CN(C)CC(C)C)c1. The predicted molar refractivity (Wildman–Crippen MR) is 78.1 cm³/mol. The van der Waals surface area contributed by atoms with Crippen molar-refractivity contribution in [3.63, 3.8) is 0 Å². The van der Waals surface area contributed by atoms with E-state index in [0.717, 1.165) is 30.0 Å². The van der Waals surface area contributed by atoms with E-state index in [1.54, 1.807) is 7.11 Å². The Labute approximate surface area is 116 Å². The summed E-state index contributed by atoms with van der Waals surface area (Å²) in [4.78, 5) is 2.27. The molecule has 3 nitrogen and oxygen atoms in total. The average molecular weight is 261 g/mol. The highest BCUT2D eigenvalue weighted by atomic mass is 16.5. The number of benzene rings is 1. The van der Waals surface area contributed by atoms with Crippen LogP contribution in [0.4, 0.5) is 0 Å². The van der Waals surface area contributed by atoms with Crippen LogP contribution in [0.15, 0.2) is 18.2 Å². The molecule has 0 radical (unpaired) electrons. The topological polar surface area (TPSA) is 32.7 Å². The van der Waals surface area contributed by atoms with Crippen molar-refractivity contribution in [1.29, 1.82) is 0 Å². The van der Waals surface area contributed by atoms with Crippen molar-refractivity contribution in [3.05, 3.63) is 29.3 Å². The lowest BCUT2D eigenvalue weighted by Crippen LogP contribution is -2.23. The molecule has 0 aromatic heterocycles. The van der Waals surface area contributed by atoms with Crippen molar-refractivity contribution in [2.24, 2.45) is 5.92 Å². The molecule has 19 heavy (non-hydrogen) atoms. The standard InChI is InChI=1S/C16H23NO2/c1-13(2)11-17(3)12-15-10-16(19-4)8-7-14(15)6-5-9-18/h7-8,10,13,18H,9,11-12H2,1-4H3. The summed E-state index contributed by atoms with van der Waals surface area (Å²) >= 11 is 0. The Morgan fingerprint density at radius 3 is 2.68 bits per heavy atom. The molecule has 0 aliphatic heterocycles. The molecule has 104 valence electrons. The van der Waals surface area contributed by atoms with E-state index < -0.39 is 0 Å². The second-order valence-corrected chi connectivity index (χ2v) is 5.07. The van der Waals surface area contributed by atoms with E-state index in [2.05, 4.69) is 37.6 Å². The number of methoxy groups -OCH3 is 1. The molecule has 0 amide bonds. The van der Waals surface area contributed by atoms with E-state index in [9.17, 15) is 0 Å². The molecular formula is C16H23NO2. The maximum Gasteiger partial charge on any atom is 0.119 e. The molecule has 0 heterocycles. The van der Waals surface area contributed by atoms with Crippen LogP contribution in [0.3, 0.4) is 0 Å². The largest absolute Gasteiger partial charge is 0.497 e. The van der Waals surface area contributed by atoms with Gasteiger partial charge in [-0.2, -0.15) is 0 Å². The fourth-order valence-corrected chi connectivity index (χ4v) is 2.06. The summed E-state index contributed by atoms with van der Waals surface area (Å²) in [7, 11) is 3.76. The van der Waals surface area contributed by atoms with Crippen molar-refractivity contribution in [1.82, 2.24) is 4.90 Å². The highest BCUT2D eigenvalue weighted by Crippen LogP contribution is 2.19. The molecule has 0 spiro atoms. The van der Waals surface area contributed by atoms with Crippen molar-refractivity contribution in [3.8, 4) is 17.6 Å². The van der Waals surface area contributed by atoms with Crippen LogP contribution in [-0.4, -0.2) is 37.3 Å². The van der Waals surface area contributed by atoms with Crippen LogP contribution in [-0.2, 0) is 6.54 Å². The number of hydrogen-bond acceptors (Lipinski definition) is 3. The Bertz CT molecular complexity index is 458. The van der Waals surface area contributed by atoms with Gasteiger partial charge < -0.3 is 14.7 Å². The number of aliphatic hydroxyl groups excluding tert-OH is 1. The van der Waals surface area contributed by atoms with Gasteiger partial charge in [-0.05, 0) is 36.7 Å². The maximum atomic E-state index is 8.81. The molecular weight excluding hydrogens is 238 g/mol. The third-order valence-corrected chi connectivity index (χ3v) is 2.73. The Hall–Kier alpha value is -1.50. The lowest BCUT2D eigenvalue weighted by atomic mass is 10.1. The lowest BCUT2D eigenvalue weighted by molar-refractivity contribution is 0.287. The van der Waals surface area contributed by atoms with Gasteiger partial charge in [0, 0.05) is 18.7 Å². The Morgan fingerprint density at radius 1 is 1.37 bits per heavy atom. The van der Waals surface area contributed by atoms with Crippen LogP contribution in [0.1, 0.15) is 25.0 Å². The molecule has 1 aromatic carbocycles. The third-order valence-electron chi connectivity index (χ3n) is 2.73.